The number of hydrogen-bond donors (Lipinski definition) is 0. The monoisotopic (exact) mass is 613 g/mol. The van der Waals surface area contributed by atoms with Crippen molar-refractivity contribution in [2.75, 3.05) is 4.90 Å². The van der Waals surface area contributed by atoms with E-state index in [2.05, 4.69) is 193 Å². The van der Waals surface area contributed by atoms with Gasteiger partial charge in [0.25, 0.3) is 0 Å². The highest BCUT2D eigenvalue weighted by molar-refractivity contribution is 6.19. The molecule has 8 aromatic carbocycles. The highest BCUT2D eigenvalue weighted by atomic mass is 16.3. The largest absolute Gasteiger partial charge is 0.456 e. The molecular weight excluding hydrogens is 583 g/mol. The minimum atomic E-state index is 0.910. The van der Waals surface area contributed by atoms with Gasteiger partial charge in [0, 0.05) is 27.8 Å². The van der Waals surface area contributed by atoms with E-state index in [1.54, 1.807) is 0 Å². The predicted octanol–water partition coefficient (Wildman–Crippen LogP) is 13.2. The van der Waals surface area contributed by atoms with Crippen LogP contribution in [0.4, 0.5) is 17.1 Å². The molecule has 0 aliphatic carbocycles. The van der Waals surface area contributed by atoms with Crippen molar-refractivity contribution in [3.63, 3.8) is 0 Å². The molecule has 1 heterocycles. The van der Waals surface area contributed by atoms with Crippen LogP contribution in [0.5, 0.6) is 0 Å². The molecular formula is C46H31NO. The minimum absolute atomic E-state index is 0.910. The number of para-hydroxylation sites is 1. The summed E-state index contributed by atoms with van der Waals surface area (Å²) >= 11 is 0. The molecule has 9 rings (SSSR count). The second kappa shape index (κ2) is 11.8. The van der Waals surface area contributed by atoms with Crippen LogP contribution < -0.4 is 4.90 Å². The van der Waals surface area contributed by atoms with E-state index in [0.717, 1.165) is 39.2 Å². The molecule has 0 fully saturated rings. The fraction of sp³-hybridized carbons (Fsp3) is 0. The summed E-state index contributed by atoms with van der Waals surface area (Å²) in [5.41, 5.74) is 12.3. The van der Waals surface area contributed by atoms with Crippen LogP contribution in [0.25, 0.3) is 66.1 Å². The van der Waals surface area contributed by atoms with Gasteiger partial charge in [-0.25, -0.2) is 0 Å². The van der Waals surface area contributed by atoms with E-state index < -0.39 is 0 Å². The SMILES string of the molecule is c1ccc(-c2ccc(-c3ccc(N(c4ccccc4)c4ccc(-c5ccc6oc7ccc8ccccc8c7c6c5)cc4)cc3)cc2)cc1. The Balaban J connectivity index is 1.05. The van der Waals surface area contributed by atoms with Gasteiger partial charge in [0.05, 0.1) is 0 Å². The maximum Gasteiger partial charge on any atom is 0.136 e. The van der Waals surface area contributed by atoms with Crippen molar-refractivity contribution in [1.29, 1.82) is 0 Å². The lowest BCUT2D eigenvalue weighted by atomic mass is 9.99. The molecule has 0 aliphatic rings. The van der Waals surface area contributed by atoms with Crippen molar-refractivity contribution in [2.24, 2.45) is 0 Å². The van der Waals surface area contributed by atoms with Crippen LogP contribution >= 0.6 is 0 Å². The standard InChI is InChI=1S/C46H31NO/c1-3-9-32(10-4-1)33-15-17-34(18-16-33)35-19-25-40(26-20-35)47(39-12-5-2-6-13-39)41-27-21-36(22-28-41)38-24-29-44-43(31-38)46-42-14-8-7-11-37(42)23-30-45(46)48-44/h1-31H. The van der Waals surface area contributed by atoms with E-state index in [1.807, 2.05) is 0 Å². The molecule has 48 heavy (non-hydrogen) atoms. The number of nitrogens with zero attached hydrogens (tertiary/aromatic N) is 1. The lowest BCUT2D eigenvalue weighted by Gasteiger charge is -2.26. The summed E-state index contributed by atoms with van der Waals surface area (Å²) < 4.78 is 6.25. The van der Waals surface area contributed by atoms with E-state index in [9.17, 15) is 0 Å². The number of benzene rings is 8. The van der Waals surface area contributed by atoms with Gasteiger partial charge in [-0.2, -0.15) is 0 Å². The average Bonchev–Trinajstić information content (AvgIpc) is 3.55. The predicted molar refractivity (Wildman–Crippen MR) is 202 cm³/mol. The Morgan fingerprint density at radius 2 is 0.771 bits per heavy atom. The molecule has 0 bridgehead atoms. The Hall–Kier alpha value is -6.38. The van der Waals surface area contributed by atoms with E-state index in [-0.39, 0.29) is 0 Å². The summed E-state index contributed by atoms with van der Waals surface area (Å²) in [4.78, 5) is 2.31. The van der Waals surface area contributed by atoms with Crippen molar-refractivity contribution in [2.45, 2.75) is 0 Å². The molecule has 0 atom stereocenters. The zero-order valence-electron chi connectivity index (χ0n) is 26.3. The first-order valence-corrected chi connectivity index (χ1v) is 16.3. The normalized spacial score (nSPS) is 11.3. The van der Waals surface area contributed by atoms with Gasteiger partial charge in [0.15, 0.2) is 0 Å². The van der Waals surface area contributed by atoms with E-state index in [1.165, 1.54) is 44.0 Å². The summed E-state index contributed by atoms with van der Waals surface area (Å²) in [5.74, 6) is 0. The highest BCUT2D eigenvalue weighted by Gasteiger charge is 2.15. The lowest BCUT2D eigenvalue weighted by molar-refractivity contribution is 0.669. The first kappa shape index (κ1) is 27.9. The third-order valence-corrected chi connectivity index (χ3v) is 9.28. The second-order valence-electron chi connectivity index (χ2n) is 12.2. The summed E-state index contributed by atoms with van der Waals surface area (Å²) in [6.45, 7) is 0. The van der Waals surface area contributed by atoms with Crippen molar-refractivity contribution in [3.05, 3.63) is 188 Å². The molecule has 0 saturated carbocycles. The summed E-state index contributed by atoms with van der Waals surface area (Å²) in [7, 11) is 0. The molecule has 0 amide bonds. The second-order valence-corrected chi connectivity index (χ2v) is 12.2. The Bertz CT molecular complexity index is 2510. The molecule has 2 heteroatoms. The molecule has 0 aliphatic heterocycles. The molecule has 1 aromatic heterocycles. The number of fused-ring (bicyclic) bond motifs is 5. The van der Waals surface area contributed by atoms with Gasteiger partial charge >= 0.3 is 0 Å². The zero-order chi connectivity index (χ0) is 31.9. The summed E-state index contributed by atoms with van der Waals surface area (Å²) in [6, 6.07) is 66.9. The van der Waals surface area contributed by atoms with E-state index in [4.69, 9.17) is 4.42 Å². The van der Waals surface area contributed by atoms with Crippen LogP contribution in [-0.2, 0) is 0 Å². The maximum absolute atomic E-state index is 6.25. The van der Waals surface area contributed by atoms with Crippen LogP contribution in [0, 0.1) is 0 Å². The van der Waals surface area contributed by atoms with E-state index in [0.29, 0.717) is 0 Å². The first-order valence-electron chi connectivity index (χ1n) is 16.3. The smallest absolute Gasteiger partial charge is 0.136 e. The maximum atomic E-state index is 6.25. The van der Waals surface area contributed by atoms with Gasteiger partial charge in [0.1, 0.15) is 11.2 Å². The Kier molecular flexibility index (Phi) is 6.84. The number of furan rings is 1. The van der Waals surface area contributed by atoms with E-state index >= 15 is 0 Å². The Morgan fingerprint density at radius 1 is 0.312 bits per heavy atom. The highest BCUT2D eigenvalue weighted by Crippen LogP contribution is 2.39. The van der Waals surface area contributed by atoms with Crippen molar-refractivity contribution in [3.8, 4) is 33.4 Å². The molecule has 9 aromatic rings. The first-order chi connectivity index (χ1) is 23.8. The van der Waals surface area contributed by atoms with Gasteiger partial charge in [0.2, 0.25) is 0 Å². The van der Waals surface area contributed by atoms with Crippen molar-refractivity contribution in [1.82, 2.24) is 0 Å². The number of rotatable bonds is 6. The molecule has 0 spiro atoms. The van der Waals surface area contributed by atoms with Crippen LogP contribution in [0.2, 0.25) is 0 Å². The van der Waals surface area contributed by atoms with Gasteiger partial charge in [-0.1, -0.05) is 133 Å². The molecule has 0 radical (unpaired) electrons. The van der Waals surface area contributed by atoms with Gasteiger partial charge in [-0.3, -0.25) is 0 Å². The van der Waals surface area contributed by atoms with Crippen LogP contribution in [0.3, 0.4) is 0 Å². The number of hydrogen-bond acceptors (Lipinski definition) is 2. The zero-order valence-corrected chi connectivity index (χ0v) is 26.3. The fourth-order valence-electron chi connectivity index (χ4n) is 6.84. The van der Waals surface area contributed by atoms with Crippen molar-refractivity contribution < 1.29 is 4.42 Å². The van der Waals surface area contributed by atoms with Gasteiger partial charge in [-0.05, 0) is 98.8 Å². The van der Waals surface area contributed by atoms with Crippen LogP contribution in [-0.4, -0.2) is 0 Å². The van der Waals surface area contributed by atoms with Gasteiger partial charge in [-0.15, -0.1) is 0 Å². The number of anilines is 3. The topological polar surface area (TPSA) is 16.4 Å². The van der Waals surface area contributed by atoms with Gasteiger partial charge < -0.3 is 9.32 Å². The third-order valence-electron chi connectivity index (χ3n) is 9.28. The fourth-order valence-corrected chi connectivity index (χ4v) is 6.84. The quantitative estimate of drug-likeness (QED) is 0.185. The van der Waals surface area contributed by atoms with Crippen LogP contribution in [0.15, 0.2) is 192 Å². The van der Waals surface area contributed by atoms with Crippen molar-refractivity contribution >= 4 is 49.8 Å². The minimum Gasteiger partial charge on any atom is -0.456 e. The lowest BCUT2D eigenvalue weighted by Crippen LogP contribution is -2.09. The third kappa shape index (κ3) is 5.01. The Morgan fingerprint density at radius 3 is 1.42 bits per heavy atom. The van der Waals surface area contributed by atoms with Crippen LogP contribution in [0.1, 0.15) is 0 Å². The summed E-state index contributed by atoms with van der Waals surface area (Å²) in [6.07, 6.45) is 0. The molecule has 226 valence electrons. The molecule has 0 saturated heterocycles. The molecule has 0 N–H and O–H groups in total. The summed E-state index contributed by atoms with van der Waals surface area (Å²) in [5, 5.41) is 4.75. The Labute approximate surface area is 279 Å². The average molecular weight is 614 g/mol. The molecule has 0 unspecified atom stereocenters. The molecule has 2 nitrogen and oxygen atoms in total.